The van der Waals surface area contributed by atoms with E-state index in [1.807, 2.05) is 49.6 Å². The Morgan fingerprint density at radius 1 is 1.25 bits per heavy atom. The average molecular weight is 398 g/mol. The lowest BCUT2D eigenvalue weighted by atomic mass is 10.1. The van der Waals surface area contributed by atoms with Crippen LogP contribution >= 0.6 is 11.3 Å². The van der Waals surface area contributed by atoms with E-state index in [0.29, 0.717) is 6.54 Å². The predicted molar refractivity (Wildman–Crippen MR) is 113 cm³/mol. The molecular formula is C21H23N3O3S. The van der Waals surface area contributed by atoms with Crippen LogP contribution in [0, 0.1) is 6.92 Å². The van der Waals surface area contributed by atoms with Gasteiger partial charge >= 0.3 is 0 Å². The lowest BCUT2D eigenvalue weighted by molar-refractivity contribution is 0.404. The highest BCUT2D eigenvalue weighted by Gasteiger charge is 2.15. The van der Waals surface area contributed by atoms with Gasteiger partial charge in [0.1, 0.15) is 28.7 Å². The van der Waals surface area contributed by atoms with Crippen molar-refractivity contribution in [1.29, 1.82) is 0 Å². The highest BCUT2D eigenvalue weighted by Crippen LogP contribution is 2.33. The molecule has 2 heterocycles. The van der Waals surface area contributed by atoms with Crippen molar-refractivity contribution in [2.45, 2.75) is 13.8 Å². The number of benzene rings is 1. The number of ether oxygens (including phenoxy) is 2. The van der Waals surface area contributed by atoms with Crippen molar-refractivity contribution in [3.05, 3.63) is 64.7 Å². The molecule has 0 bridgehead atoms. The van der Waals surface area contributed by atoms with E-state index < -0.39 is 0 Å². The number of aryl methyl sites for hydroxylation is 1. The standard InChI is InChI=1S/C21H23N3O3S/c1-6-11-22-21-24(23-15(3)19-9-7-14(2)27-19)18(13-28-21)17-12-16(25-4)8-10-20(17)26-5/h6-10,12-13H,1,11H2,2-5H3. The molecule has 0 spiro atoms. The number of hydrogen-bond acceptors (Lipinski definition) is 6. The molecule has 2 aromatic heterocycles. The van der Waals surface area contributed by atoms with Crippen molar-refractivity contribution < 1.29 is 13.9 Å². The molecule has 0 aliphatic rings. The number of thiazole rings is 1. The maximum atomic E-state index is 5.71. The molecule has 0 aliphatic heterocycles. The maximum Gasteiger partial charge on any atom is 0.206 e. The number of methoxy groups -OCH3 is 2. The van der Waals surface area contributed by atoms with Crippen LogP contribution in [0.5, 0.6) is 11.5 Å². The minimum absolute atomic E-state index is 0.504. The Balaban J connectivity index is 2.21. The van der Waals surface area contributed by atoms with Crippen LogP contribution < -0.4 is 14.3 Å². The summed E-state index contributed by atoms with van der Waals surface area (Å²) in [7, 11) is 3.28. The molecule has 7 heteroatoms. The summed E-state index contributed by atoms with van der Waals surface area (Å²) in [6.07, 6.45) is 1.75. The van der Waals surface area contributed by atoms with Crippen LogP contribution in [0.2, 0.25) is 0 Å². The summed E-state index contributed by atoms with van der Waals surface area (Å²) >= 11 is 1.50. The van der Waals surface area contributed by atoms with Crippen LogP contribution in [0.4, 0.5) is 0 Å². The molecular weight excluding hydrogens is 374 g/mol. The van der Waals surface area contributed by atoms with Crippen molar-refractivity contribution in [2.24, 2.45) is 10.1 Å². The topological polar surface area (TPSA) is 61.2 Å². The first kappa shape index (κ1) is 19.7. The smallest absolute Gasteiger partial charge is 0.206 e. The van der Waals surface area contributed by atoms with Crippen molar-refractivity contribution in [2.75, 3.05) is 20.8 Å². The molecule has 0 fully saturated rings. The van der Waals surface area contributed by atoms with Gasteiger partial charge in [-0.2, -0.15) is 5.10 Å². The number of hydrogen-bond donors (Lipinski definition) is 0. The van der Waals surface area contributed by atoms with Gasteiger partial charge in [-0.15, -0.1) is 17.9 Å². The fourth-order valence-electron chi connectivity index (χ4n) is 2.68. The van der Waals surface area contributed by atoms with E-state index in [9.17, 15) is 0 Å². The van der Waals surface area contributed by atoms with Gasteiger partial charge in [0.15, 0.2) is 0 Å². The Morgan fingerprint density at radius 2 is 2.07 bits per heavy atom. The third-order valence-electron chi connectivity index (χ3n) is 4.07. The fraction of sp³-hybridized carbons (Fsp3) is 0.238. The molecule has 3 rings (SSSR count). The first-order valence-electron chi connectivity index (χ1n) is 8.74. The lowest BCUT2D eigenvalue weighted by Gasteiger charge is -2.11. The SMILES string of the molecule is C=CCN=c1scc(-c2cc(OC)ccc2OC)n1N=C(C)c1ccc(C)o1. The zero-order valence-electron chi connectivity index (χ0n) is 16.4. The van der Waals surface area contributed by atoms with Gasteiger partial charge in [0, 0.05) is 10.9 Å². The minimum atomic E-state index is 0.504. The molecule has 0 N–H and O–H groups in total. The fourth-order valence-corrected chi connectivity index (χ4v) is 3.51. The van der Waals surface area contributed by atoms with Gasteiger partial charge in [0.2, 0.25) is 4.80 Å². The number of furan rings is 1. The van der Waals surface area contributed by atoms with E-state index in [2.05, 4.69) is 11.6 Å². The Bertz CT molecular complexity index is 1070. The monoisotopic (exact) mass is 397 g/mol. The molecule has 1 aromatic carbocycles. The summed E-state index contributed by atoms with van der Waals surface area (Å²) < 4.78 is 18.5. The molecule has 0 aliphatic carbocycles. The number of rotatable bonds is 7. The van der Waals surface area contributed by atoms with E-state index in [1.165, 1.54) is 11.3 Å². The van der Waals surface area contributed by atoms with Gasteiger partial charge in [0.05, 0.1) is 26.5 Å². The lowest BCUT2D eigenvalue weighted by Crippen LogP contribution is -2.14. The third kappa shape index (κ3) is 4.09. The first-order chi connectivity index (χ1) is 13.6. The zero-order valence-corrected chi connectivity index (χ0v) is 17.2. The Labute approximate surface area is 168 Å². The first-order valence-corrected chi connectivity index (χ1v) is 9.62. The Morgan fingerprint density at radius 3 is 2.71 bits per heavy atom. The van der Waals surface area contributed by atoms with Crippen LogP contribution in [-0.2, 0) is 0 Å². The van der Waals surface area contributed by atoms with Crippen LogP contribution in [0.3, 0.4) is 0 Å². The van der Waals surface area contributed by atoms with Crippen molar-refractivity contribution in [1.82, 2.24) is 4.68 Å². The summed E-state index contributed by atoms with van der Waals surface area (Å²) in [6.45, 7) is 8.07. The van der Waals surface area contributed by atoms with E-state index in [1.54, 1.807) is 25.0 Å². The van der Waals surface area contributed by atoms with E-state index >= 15 is 0 Å². The normalized spacial score (nSPS) is 12.3. The second kappa shape index (κ2) is 8.75. The highest BCUT2D eigenvalue weighted by atomic mass is 32.1. The van der Waals surface area contributed by atoms with Crippen LogP contribution in [-0.4, -0.2) is 31.2 Å². The Hall–Kier alpha value is -3.06. The minimum Gasteiger partial charge on any atom is -0.497 e. The highest BCUT2D eigenvalue weighted by molar-refractivity contribution is 7.07. The van der Waals surface area contributed by atoms with E-state index in [-0.39, 0.29) is 0 Å². The summed E-state index contributed by atoms with van der Waals surface area (Å²) in [5, 5.41) is 6.79. The van der Waals surface area contributed by atoms with Gasteiger partial charge in [-0.25, -0.2) is 4.68 Å². The Kier molecular flexibility index (Phi) is 6.16. The van der Waals surface area contributed by atoms with Crippen LogP contribution in [0.25, 0.3) is 11.3 Å². The van der Waals surface area contributed by atoms with Crippen molar-refractivity contribution in [3.8, 4) is 22.8 Å². The van der Waals surface area contributed by atoms with Gasteiger partial charge in [0.25, 0.3) is 0 Å². The molecule has 0 atom stereocenters. The van der Waals surface area contributed by atoms with E-state index in [4.69, 9.17) is 19.0 Å². The summed E-state index contributed by atoms with van der Waals surface area (Å²) in [6, 6.07) is 9.50. The summed E-state index contributed by atoms with van der Waals surface area (Å²) in [5.74, 6) is 3.02. The molecule has 0 unspecified atom stereocenters. The number of nitrogens with zero attached hydrogens (tertiary/aromatic N) is 3. The second-order valence-corrected chi connectivity index (χ2v) is 6.84. The zero-order chi connectivity index (χ0) is 20.1. The van der Waals surface area contributed by atoms with Crippen LogP contribution in [0.1, 0.15) is 18.4 Å². The predicted octanol–water partition coefficient (Wildman–Crippen LogP) is 4.49. The summed E-state index contributed by atoms with van der Waals surface area (Å²) in [4.78, 5) is 5.33. The number of aromatic nitrogens is 1. The second-order valence-electron chi connectivity index (χ2n) is 6.01. The largest absolute Gasteiger partial charge is 0.497 e. The summed E-state index contributed by atoms with van der Waals surface area (Å²) in [5.41, 5.74) is 2.46. The van der Waals surface area contributed by atoms with Gasteiger partial charge < -0.3 is 13.9 Å². The van der Waals surface area contributed by atoms with Crippen molar-refractivity contribution >= 4 is 17.0 Å². The maximum absolute atomic E-state index is 5.71. The molecule has 0 radical (unpaired) electrons. The third-order valence-corrected chi connectivity index (χ3v) is 4.92. The molecule has 6 nitrogen and oxygen atoms in total. The molecule has 0 amide bonds. The van der Waals surface area contributed by atoms with Gasteiger partial charge in [-0.3, -0.25) is 4.99 Å². The van der Waals surface area contributed by atoms with Crippen molar-refractivity contribution in [3.63, 3.8) is 0 Å². The van der Waals surface area contributed by atoms with Gasteiger partial charge in [-0.1, -0.05) is 6.08 Å². The average Bonchev–Trinajstić information content (AvgIpc) is 3.32. The quantitative estimate of drug-likeness (QED) is 0.436. The molecule has 146 valence electrons. The molecule has 0 saturated heterocycles. The molecule has 0 saturated carbocycles. The van der Waals surface area contributed by atoms with Crippen LogP contribution in [0.15, 0.2) is 62.9 Å². The van der Waals surface area contributed by atoms with Gasteiger partial charge in [-0.05, 0) is 44.2 Å². The molecule has 3 aromatic rings. The van der Waals surface area contributed by atoms with E-state index in [0.717, 1.165) is 44.8 Å². The molecule has 28 heavy (non-hydrogen) atoms.